The predicted octanol–water partition coefficient (Wildman–Crippen LogP) is 6.77. The first-order valence-electron chi connectivity index (χ1n) is 15.7. The Bertz CT molecular complexity index is 2010. The van der Waals surface area contributed by atoms with Crippen LogP contribution in [0, 0.1) is 5.82 Å². The molecule has 47 heavy (non-hydrogen) atoms. The standard InChI is InChI=1S/C38H39FN2O5S/c1-7-12-28-19-25(20-31(44-8-2)35(28)46-22-29-13-10-11-14-30(29)39)21-32-36(42)41-34(27-17-15-26(16-18-27)23(4)5)33(37(43)45-9-3)24(6)40-38(41)47-32/h7,10-11,13-21,23,34H,1,8-9,12,22H2,2-6H3/b32-21+. The van der Waals surface area contributed by atoms with Crippen molar-refractivity contribution in [3.63, 3.8) is 0 Å². The number of halogens is 1. The Hall–Kier alpha value is -4.76. The number of carbonyl (C=O) groups is 1. The molecule has 1 unspecified atom stereocenters. The highest BCUT2D eigenvalue weighted by Crippen LogP contribution is 2.35. The molecule has 0 N–H and O–H groups in total. The highest BCUT2D eigenvalue weighted by Gasteiger charge is 2.33. The molecule has 0 fully saturated rings. The first kappa shape index (κ1) is 33.6. The maximum Gasteiger partial charge on any atom is 0.338 e. The minimum atomic E-state index is -0.696. The summed E-state index contributed by atoms with van der Waals surface area (Å²) in [6, 6.07) is 17.5. The number of aromatic nitrogens is 1. The van der Waals surface area contributed by atoms with Gasteiger partial charge in [-0.2, -0.15) is 0 Å². The highest BCUT2D eigenvalue weighted by atomic mass is 32.1. The number of esters is 1. The van der Waals surface area contributed by atoms with Crippen molar-refractivity contribution in [3.8, 4) is 11.5 Å². The zero-order valence-electron chi connectivity index (χ0n) is 27.3. The average Bonchev–Trinajstić information content (AvgIpc) is 3.34. The second-order valence-electron chi connectivity index (χ2n) is 11.4. The first-order chi connectivity index (χ1) is 22.7. The molecule has 0 spiro atoms. The number of nitrogens with zero attached hydrogens (tertiary/aromatic N) is 2. The van der Waals surface area contributed by atoms with E-state index in [0.717, 1.165) is 16.7 Å². The van der Waals surface area contributed by atoms with E-state index < -0.39 is 12.0 Å². The number of ether oxygens (including phenoxy) is 3. The van der Waals surface area contributed by atoms with Crippen LogP contribution in [0.4, 0.5) is 4.39 Å². The molecule has 4 aromatic rings. The molecule has 244 valence electrons. The smallest absolute Gasteiger partial charge is 0.338 e. The van der Waals surface area contributed by atoms with Gasteiger partial charge in [0.25, 0.3) is 5.56 Å². The van der Waals surface area contributed by atoms with Crippen LogP contribution in [-0.2, 0) is 22.6 Å². The number of fused-ring (bicyclic) bond motifs is 1. The SMILES string of the molecule is C=CCc1cc(/C=c2/sc3n(c2=O)C(c2ccc(C(C)C)cc2)C(C(=O)OCC)=C(C)N=3)cc(OCC)c1OCc1ccccc1F. The lowest BCUT2D eigenvalue weighted by Gasteiger charge is -2.25. The van der Waals surface area contributed by atoms with Gasteiger partial charge in [-0.15, -0.1) is 6.58 Å². The molecule has 0 saturated heterocycles. The van der Waals surface area contributed by atoms with E-state index in [0.29, 0.717) is 62.2 Å². The molecular weight excluding hydrogens is 615 g/mol. The van der Waals surface area contributed by atoms with E-state index >= 15 is 0 Å². The van der Waals surface area contributed by atoms with Gasteiger partial charge in [0.15, 0.2) is 16.3 Å². The molecule has 0 amide bonds. The summed E-state index contributed by atoms with van der Waals surface area (Å²) in [4.78, 5) is 32.6. The van der Waals surface area contributed by atoms with Crippen molar-refractivity contribution in [2.75, 3.05) is 13.2 Å². The van der Waals surface area contributed by atoms with E-state index in [1.54, 1.807) is 48.8 Å². The molecule has 3 aromatic carbocycles. The normalized spacial score (nSPS) is 14.5. The van der Waals surface area contributed by atoms with Crippen molar-refractivity contribution in [2.24, 2.45) is 4.99 Å². The van der Waals surface area contributed by atoms with Gasteiger partial charge in [-0.25, -0.2) is 14.2 Å². The van der Waals surface area contributed by atoms with Crippen LogP contribution in [0.2, 0.25) is 0 Å². The Morgan fingerprint density at radius 3 is 2.47 bits per heavy atom. The zero-order valence-corrected chi connectivity index (χ0v) is 28.2. The van der Waals surface area contributed by atoms with E-state index in [9.17, 15) is 14.0 Å². The lowest BCUT2D eigenvalue weighted by atomic mass is 9.93. The van der Waals surface area contributed by atoms with E-state index in [4.69, 9.17) is 19.2 Å². The van der Waals surface area contributed by atoms with Crippen molar-refractivity contribution in [3.05, 3.63) is 138 Å². The van der Waals surface area contributed by atoms with Crippen molar-refractivity contribution < 1.29 is 23.4 Å². The first-order valence-corrected chi connectivity index (χ1v) is 16.5. The third-order valence-electron chi connectivity index (χ3n) is 7.88. The fraction of sp³-hybridized carbons (Fsp3) is 0.289. The van der Waals surface area contributed by atoms with E-state index in [2.05, 4.69) is 20.4 Å². The van der Waals surface area contributed by atoms with Crippen LogP contribution in [0.5, 0.6) is 11.5 Å². The van der Waals surface area contributed by atoms with Gasteiger partial charge in [-0.3, -0.25) is 9.36 Å². The molecule has 0 radical (unpaired) electrons. The van der Waals surface area contributed by atoms with Gasteiger partial charge in [0.1, 0.15) is 12.4 Å². The van der Waals surface area contributed by atoms with Gasteiger partial charge < -0.3 is 14.2 Å². The number of hydrogen-bond acceptors (Lipinski definition) is 7. The Morgan fingerprint density at radius 2 is 1.81 bits per heavy atom. The summed E-state index contributed by atoms with van der Waals surface area (Å²) in [5.74, 6) is 0.455. The van der Waals surface area contributed by atoms with Gasteiger partial charge in [0.2, 0.25) is 0 Å². The van der Waals surface area contributed by atoms with E-state index in [1.807, 2.05) is 43.3 Å². The molecule has 1 aliphatic rings. The summed E-state index contributed by atoms with van der Waals surface area (Å²) in [6.45, 7) is 14.1. The Kier molecular flexibility index (Phi) is 10.6. The van der Waals surface area contributed by atoms with Crippen LogP contribution < -0.4 is 24.4 Å². The van der Waals surface area contributed by atoms with Crippen molar-refractivity contribution in [1.82, 2.24) is 4.57 Å². The fourth-order valence-electron chi connectivity index (χ4n) is 5.59. The minimum Gasteiger partial charge on any atom is -0.490 e. The largest absolute Gasteiger partial charge is 0.490 e. The second-order valence-corrected chi connectivity index (χ2v) is 12.4. The van der Waals surface area contributed by atoms with Gasteiger partial charge in [0, 0.05) is 11.1 Å². The second kappa shape index (κ2) is 14.8. The Balaban J connectivity index is 1.63. The lowest BCUT2D eigenvalue weighted by Crippen LogP contribution is -2.39. The molecule has 1 aromatic heterocycles. The number of allylic oxidation sites excluding steroid dienone is 2. The molecular formula is C38H39FN2O5S. The molecule has 5 rings (SSSR count). The average molecular weight is 655 g/mol. The summed E-state index contributed by atoms with van der Waals surface area (Å²) >= 11 is 1.25. The summed E-state index contributed by atoms with van der Waals surface area (Å²) in [5.41, 5.74) is 4.45. The van der Waals surface area contributed by atoms with Crippen LogP contribution in [0.25, 0.3) is 6.08 Å². The Labute approximate surface area is 278 Å². The summed E-state index contributed by atoms with van der Waals surface area (Å²) in [7, 11) is 0. The summed E-state index contributed by atoms with van der Waals surface area (Å²) < 4.78 is 33.9. The number of benzene rings is 3. The molecule has 9 heteroatoms. The van der Waals surface area contributed by atoms with Crippen LogP contribution in [-0.4, -0.2) is 23.8 Å². The Morgan fingerprint density at radius 1 is 1.06 bits per heavy atom. The van der Waals surface area contributed by atoms with Gasteiger partial charge in [-0.1, -0.05) is 73.7 Å². The highest BCUT2D eigenvalue weighted by molar-refractivity contribution is 7.07. The van der Waals surface area contributed by atoms with Crippen LogP contribution in [0.15, 0.2) is 94.4 Å². The molecule has 2 heterocycles. The monoisotopic (exact) mass is 654 g/mol. The quantitative estimate of drug-likeness (QED) is 0.125. The summed E-state index contributed by atoms with van der Waals surface area (Å²) in [6.07, 6.45) is 4.01. The van der Waals surface area contributed by atoms with Gasteiger partial charge >= 0.3 is 5.97 Å². The molecule has 0 saturated carbocycles. The van der Waals surface area contributed by atoms with Gasteiger partial charge in [-0.05, 0) is 74.1 Å². The third kappa shape index (κ3) is 7.15. The van der Waals surface area contributed by atoms with Crippen LogP contribution in [0.3, 0.4) is 0 Å². The number of carbonyl (C=O) groups excluding carboxylic acids is 1. The fourth-order valence-corrected chi connectivity index (χ4v) is 6.63. The van der Waals surface area contributed by atoms with E-state index in [1.165, 1.54) is 17.4 Å². The van der Waals surface area contributed by atoms with E-state index in [-0.39, 0.29) is 24.6 Å². The van der Waals surface area contributed by atoms with Crippen molar-refractivity contribution in [1.29, 1.82) is 0 Å². The zero-order chi connectivity index (χ0) is 33.7. The maximum absolute atomic E-state index is 14.3. The number of rotatable bonds is 12. The van der Waals surface area contributed by atoms with Crippen molar-refractivity contribution >= 4 is 23.4 Å². The van der Waals surface area contributed by atoms with Crippen molar-refractivity contribution in [2.45, 2.75) is 59.6 Å². The van der Waals surface area contributed by atoms with Gasteiger partial charge in [0.05, 0.1) is 35.1 Å². The predicted molar refractivity (Wildman–Crippen MR) is 183 cm³/mol. The third-order valence-corrected chi connectivity index (χ3v) is 8.86. The molecule has 1 atom stereocenters. The molecule has 1 aliphatic heterocycles. The molecule has 0 aliphatic carbocycles. The molecule has 7 nitrogen and oxygen atoms in total. The number of thiazole rings is 1. The topological polar surface area (TPSA) is 79.1 Å². The minimum absolute atomic E-state index is 0.0230. The molecule has 0 bridgehead atoms. The number of hydrogen-bond donors (Lipinski definition) is 0. The summed E-state index contributed by atoms with van der Waals surface area (Å²) in [5, 5.41) is 0. The van der Waals surface area contributed by atoms with Crippen LogP contribution >= 0.6 is 11.3 Å². The lowest BCUT2D eigenvalue weighted by molar-refractivity contribution is -0.139. The maximum atomic E-state index is 14.3. The van der Waals surface area contributed by atoms with Crippen LogP contribution in [0.1, 0.15) is 74.4 Å².